The average molecular weight is 294 g/mol. The molecule has 116 valence electrons. The summed E-state index contributed by atoms with van der Waals surface area (Å²) in [7, 11) is 3.42. The first-order valence-corrected chi connectivity index (χ1v) is 7.11. The highest BCUT2D eigenvalue weighted by molar-refractivity contribution is 5.75. The monoisotopic (exact) mass is 294 g/mol. The van der Waals surface area contributed by atoms with Crippen LogP contribution in [0, 0.1) is 6.92 Å². The number of hydrogen-bond acceptors (Lipinski definition) is 5. The number of anilines is 1. The molecule has 1 aromatic rings. The van der Waals surface area contributed by atoms with Crippen LogP contribution in [-0.4, -0.2) is 61.2 Å². The van der Waals surface area contributed by atoms with Crippen molar-refractivity contribution in [1.82, 2.24) is 14.9 Å². The van der Waals surface area contributed by atoms with E-state index in [1.54, 1.807) is 14.1 Å². The molecule has 2 heterocycles. The molecule has 1 saturated heterocycles. The number of aromatic nitrogens is 2. The van der Waals surface area contributed by atoms with Gasteiger partial charge >= 0.3 is 0 Å². The van der Waals surface area contributed by atoms with Gasteiger partial charge in [0, 0.05) is 44.9 Å². The second-order valence-electron chi connectivity index (χ2n) is 5.34. The van der Waals surface area contributed by atoms with Gasteiger partial charge in [-0.15, -0.1) is 0 Å². The minimum Gasteiger partial charge on any atom is -0.378 e. The quantitative estimate of drug-likeness (QED) is 0.841. The fourth-order valence-electron chi connectivity index (χ4n) is 2.27. The molecular formula is C14H22N4O3. The molecule has 0 saturated carbocycles. The van der Waals surface area contributed by atoms with Crippen molar-refractivity contribution >= 4 is 11.9 Å². The summed E-state index contributed by atoms with van der Waals surface area (Å²) in [6.45, 7) is 4.54. The molecule has 0 aromatic carbocycles. The van der Waals surface area contributed by atoms with Crippen LogP contribution in [-0.2, 0) is 16.0 Å². The first kappa shape index (κ1) is 15.5. The number of H-pyrrole nitrogens is 1. The minimum absolute atomic E-state index is 0.00561. The highest BCUT2D eigenvalue weighted by Gasteiger charge is 2.16. The van der Waals surface area contributed by atoms with Crippen molar-refractivity contribution in [1.29, 1.82) is 0 Å². The molecule has 0 atom stereocenters. The highest BCUT2D eigenvalue weighted by atomic mass is 16.5. The van der Waals surface area contributed by atoms with E-state index in [0.717, 1.165) is 13.1 Å². The molecule has 0 bridgehead atoms. The number of nitrogens with zero attached hydrogens (tertiary/aromatic N) is 3. The summed E-state index contributed by atoms with van der Waals surface area (Å²) in [5, 5.41) is 0. The van der Waals surface area contributed by atoms with Gasteiger partial charge in [0.2, 0.25) is 11.9 Å². The number of nitrogens with one attached hydrogen (secondary N) is 1. The predicted octanol–water partition coefficient (Wildman–Crippen LogP) is -0.0643. The topological polar surface area (TPSA) is 78.5 Å². The Morgan fingerprint density at radius 3 is 2.62 bits per heavy atom. The Bertz CT molecular complexity index is 562. The maximum atomic E-state index is 12.2. The van der Waals surface area contributed by atoms with Gasteiger partial charge in [-0.1, -0.05) is 0 Å². The van der Waals surface area contributed by atoms with Gasteiger partial charge in [0.05, 0.1) is 13.2 Å². The largest absolute Gasteiger partial charge is 0.378 e. The number of aromatic amines is 1. The lowest BCUT2D eigenvalue weighted by Gasteiger charge is -2.27. The van der Waals surface area contributed by atoms with E-state index in [1.165, 1.54) is 4.90 Å². The molecule has 2 rings (SSSR count). The minimum atomic E-state index is -0.157. The second kappa shape index (κ2) is 6.71. The first-order chi connectivity index (χ1) is 9.99. The van der Waals surface area contributed by atoms with E-state index in [2.05, 4.69) is 9.97 Å². The molecular weight excluding hydrogens is 272 g/mol. The zero-order chi connectivity index (χ0) is 15.4. The zero-order valence-corrected chi connectivity index (χ0v) is 12.8. The molecule has 1 amide bonds. The van der Waals surface area contributed by atoms with Gasteiger partial charge in [-0.05, 0) is 13.3 Å². The van der Waals surface area contributed by atoms with Gasteiger partial charge in [0.25, 0.3) is 5.56 Å². The van der Waals surface area contributed by atoms with E-state index < -0.39 is 0 Å². The van der Waals surface area contributed by atoms with Crippen LogP contribution in [0.2, 0.25) is 0 Å². The van der Waals surface area contributed by atoms with Gasteiger partial charge in [-0.3, -0.25) is 14.6 Å². The molecule has 1 aliphatic heterocycles. The summed E-state index contributed by atoms with van der Waals surface area (Å²) >= 11 is 0. The third-order valence-corrected chi connectivity index (χ3v) is 3.61. The van der Waals surface area contributed by atoms with Gasteiger partial charge < -0.3 is 14.5 Å². The third kappa shape index (κ3) is 3.81. The lowest BCUT2D eigenvalue weighted by atomic mass is 10.1. The van der Waals surface area contributed by atoms with Crippen molar-refractivity contribution < 1.29 is 9.53 Å². The van der Waals surface area contributed by atoms with E-state index in [1.807, 2.05) is 11.8 Å². The van der Waals surface area contributed by atoms with Crippen molar-refractivity contribution in [2.45, 2.75) is 19.8 Å². The van der Waals surface area contributed by atoms with Crippen LogP contribution in [0.5, 0.6) is 0 Å². The Kier molecular flexibility index (Phi) is 4.95. The number of carbonyl (C=O) groups is 1. The van der Waals surface area contributed by atoms with Crippen molar-refractivity contribution in [3.63, 3.8) is 0 Å². The molecule has 0 aliphatic carbocycles. The Balaban J connectivity index is 2.13. The number of aryl methyl sites for hydroxylation is 1. The van der Waals surface area contributed by atoms with Crippen LogP contribution >= 0.6 is 0 Å². The number of rotatable bonds is 4. The fourth-order valence-corrected chi connectivity index (χ4v) is 2.27. The van der Waals surface area contributed by atoms with Gasteiger partial charge in [-0.2, -0.15) is 0 Å². The molecule has 1 aliphatic rings. The van der Waals surface area contributed by atoms with Crippen molar-refractivity contribution in [3.05, 3.63) is 21.6 Å². The van der Waals surface area contributed by atoms with Crippen LogP contribution < -0.4 is 10.5 Å². The van der Waals surface area contributed by atoms with Crippen molar-refractivity contribution in [2.75, 3.05) is 45.3 Å². The molecule has 0 spiro atoms. The molecule has 0 radical (unpaired) electrons. The summed E-state index contributed by atoms with van der Waals surface area (Å²) < 4.78 is 5.29. The Morgan fingerprint density at radius 1 is 1.38 bits per heavy atom. The predicted molar refractivity (Wildman–Crippen MR) is 79.6 cm³/mol. The number of ether oxygens (including phenoxy) is 1. The summed E-state index contributed by atoms with van der Waals surface area (Å²) in [5.41, 5.74) is 1.12. The Morgan fingerprint density at radius 2 is 2.05 bits per heavy atom. The Hall–Kier alpha value is -1.89. The SMILES string of the molecule is Cc1nc(N2CCOCC2)[nH]c(=O)c1CCC(=O)N(C)C. The van der Waals surface area contributed by atoms with E-state index in [0.29, 0.717) is 43.3 Å². The normalized spacial score (nSPS) is 15.1. The average Bonchev–Trinajstić information content (AvgIpc) is 2.46. The van der Waals surface area contributed by atoms with Crippen LogP contribution in [0.4, 0.5) is 5.95 Å². The fraction of sp³-hybridized carbons (Fsp3) is 0.643. The first-order valence-electron chi connectivity index (χ1n) is 7.11. The molecule has 7 nitrogen and oxygen atoms in total. The van der Waals surface area contributed by atoms with Crippen LogP contribution in [0.25, 0.3) is 0 Å². The van der Waals surface area contributed by atoms with E-state index in [9.17, 15) is 9.59 Å². The Labute approximate surface area is 123 Å². The second-order valence-corrected chi connectivity index (χ2v) is 5.34. The lowest BCUT2D eigenvalue weighted by molar-refractivity contribution is -0.128. The van der Waals surface area contributed by atoms with Gasteiger partial charge in [0.15, 0.2) is 0 Å². The standard InChI is InChI=1S/C14H22N4O3/c1-10-11(4-5-12(19)17(2)3)13(20)16-14(15-10)18-6-8-21-9-7-18/h4-9H2,1-3H3,(H,15,16,20). The number of carbonyl (C=O) groups excluding carboxylic acids is 1. The summed E-state index contributed by atoms with van der Waals surface area (Å²) in [6, 6.07) is 0. The molecule has 7 heteroatoms. The summed E-state index contributed by atoms with van der Waals surface area (Å²) in [5.74, 6) is 0.592. The number of amides is 1. The van der Waals surface area contributed by atoms with Crippen LogP contribution in [0.1, 0.15) is 17.7 Å². The molecule has 1 aromatic heterocycles. The smallest absolute Gasteiger partial charge is 0.255 e. The zero-order valence-electron chi connectivity index (χ0n) is 12.8. The third-order valence-electron chi connectivity index (χ3n) is 3.61. The van der Waals surface area contributed by atoms with Gasteiger partial charge in [0.1, 0.15) is 0 Å². The summed E-state index contributed by atoms with van der Waals surface area (Å²) in [6.07, 6.45) is 0.726. The van der Waals surface area contributed by atoms with E-state index in [-0.39, 0.29) is 11.5 Å². The van der Waals surface area contributed by atoms with E-state index >= 15 is 0 Å². The number of morpholine rings is 1. The molecule has 1 fully saturated rings. The van der Waals surface area contributed by atoms with Gasteiger partial charge in [-0.25, -0.2) is 4.98 Å². The molecule has 21 heavy (non-hydrogen) atoms. The maximum Gasteiger partial charge on any atom is 0.255 e. The van der Waals surface area contributed by atoms with Crippen LogP contribution in [0.3, 0.4) is 0 Å². The van der Waals surface area contributed by atoms with Crippen molar-refractivity contribution in [3.8, 4) is 0 Å². The van der Waals surface area contributed by atoms with E-state index in [4.69, 9.17) is 4.74 Å². The number of hydrogen-bond donors (Lipinski definition) is 1. The summed E-state index contributed by atoms with van der Waals surface area (Å²) in [4.78, 5) is 34.7. The molecule has 0 unspecified atom stereocenters. The maximum absolute atomic E-state index is 12.2. The van der Waals surface area contributed by atoms with Crippen LogP contribution in [0.15, 0.2) is 4.79 Å². The highest BCUT2D eigenvalue weighted by Crippen LogP contribution is 2.11. The molecule has 1 N–H and O–H groups in total. The van der Waals surface area contributed by atoms with Crippen molar-refractivity contribution in [2.24, 2.45) is 0 Å². The lowest BCUT2D eigenvalue weighted by Crippen LogP contribution is -2.38.